The van der Waals surface area contributed by atoms with Crippen molar-refractivity contribution in [2.24, 2.45) is 4.99 Å². The number of nitrogens with zero attached hydrogens (tertiary/aromatic N) is 1. The molecule has 164 valence electrons. The fourth-order valence-corrected chi connectivity index (χ4v) is 3.20. The summed E-state index contributed by atoms with van der Waals surface area (Å²) in [4.78, 5) is 16.3. The number of furan rings is 1. The van der Waals surface area contributed by atoms with Gasteiger partial charge in [0.25, 0.3) is 0 Å². The molecule has 0 bridgehead atoms. The lowest BCUT2D eigenvalue weighted by Gasteiger charge is -2.20. The van der Waals surface area contributed by atoms with Crippen molar-refractivity contribution >= 4 is 35.8 Å². The van der Waals surface area contributed by atoms with Crippen molar-refractivity contribution < 1.29 is 9.21 Å². The minimum absolute atomic E-state index is 0. The summed E-state index contributed by atoms with van der Waals surface area (Å²) < 4.78 is 5.22. The SMILES string of the molecule is CN=C(NCC(=O)NCc1ccco1)NCC(Cc1ccccc1)c1ccccc1.I. The van der Waals surface area contributed by atoms with Crippen molar-refractivity contribution in [1.29, 1.82) is 0 Å². The maximum absolute atomic E-state index is 12.1. The largest absolute Gasteiger partial charge is 0.467 e. The van der Waals surface area contributed by atoms with Crippen LogP contribution in [-0.2, 0) is 17.8 Å². The average Bonchev–Trinajstić information content (AvgIpc) is 3.32. The number of carbonyl (C=O) groups is 1. The first-order valence-electron chi connectivity index (χ1n) is 10.1. The molecule has 6 nitrogen and oxygen atoms in total. The van der Waals surface area contributed by atoms with Gasteiger partial charge in [0, 0.05) is 19.5 Å². The zero-order valence-electron chi connectivity index (χ0n) is 17.6. The molecule has 2 aromatic carbocycles. The molecule has 0 radical (unpaired) electrons. The summed E-state index contributed by atoms with van der Waals surface area (Å²) in [7, 11) is 1.70. The number of amides is 1. The van der Waals surface area contributed by atoms with Crippen LogP contribution in [0.3, 0.4) is 0 Å². The number of rotatable bonds is 9. The van der Waals surface area contributed by atoms with E-state index in [2.05, 4.69) is 69.5 Å². The summed E-state index contributed by atoms with van der Waals surface area (Å²) in [5, 5.41) is 9.23. The second-order valence-corrected chi connectivity index (χ2v) is 6.96. The number of guanidine groups is 1. The lowest BCUT2D eigenvalue weighted by Crippen LogP contribution is -2.44. The third-order valence-electron chi connectivity index (χ3n) is 4.79. The molecule has 0 aliphatic carbocycles. The number of carbonyl (C=O) groups excluding carboxylic acids is 1. The molecule has 1 amide bonds. The van der Waals surface area contributed by atoms with E-state index >= 15 is 0 Å². The number of hydrogen-bond acceptors (Lipinski definition) is 3. The van der Waals surface area contributed by atoms with Gasteiger partial charge in [-0.15, -0.1) is 24.0 Å². The van der Waals surface area contributed by atoms with Gasteiger partial charge in [-0.25, -0.2) is 0 Å². The third kappa shape index (κ3) is 8.45. The van der Waals surface area contributed by atoms with E-state index in [1.165, 1.54) is 11.1 Å². The average molecular weight is 532 g/mol. The minimum atomic E-state index is -0.127. The molecule has 1 unspecified atom stereocenters. The van der Waals surface area contributed by atoms with Crippen molar-refractivity contribution in [1.82, 2.24) is 16.0 Å². The standard InChI is InChI=1S/C24H28N4O2.HI/c1-25-24(28-18-23(29)26-17-22-13-8-14-30-22)27-16-21(20-11-6-3-7-12-20)15-19-9-4-2-5-10-19;/h2-14,21H,15-18H2,1H3,(H,26,29)(H2,25,27,28);1H. The van der Waals surface area contributed by atoms with E-state index in [1.807, 2.05) is 18.2 Å². The van der Waals surface area contributed by atoms with Gasteiger partial charge < -0.3 is 20.4 Å². The van der Waals surface area contributed by atoms with Crippen molar-refractivity contribution in [3.63, 3.8) is 0 Å². The second kappa shape index (κ2) is 13.5. The molecule has 0 saturated heterocycles. The highest BCUT2D eigenvalue weighted by molar-refractivity contribution is 14.0. The molecular weight excluding hydrogens is 503 g/mol. The van der Waals surface area contributed by atoms with Crippen molar-refractivity contribution in [3.8, 4) is 0 Å². The van der Waals surface area contributed by atoms with Crippen LogP contribution in [0.2, 0.25) is 0 Å². The van der Waals surface area contributed by atoms with Crippen LogP contribution < -0.4 is 16.0 Å². The van der Waals surface area contributed by atoms with Gasteiger partial charge in [-0.3, -0.25) is 9.79 Å². The molecule has 1 heterocycles. The number of benzene rings is 2. The first kappa shape index (κ1) is 24.5. The molecule has 7 heteroatoms. The van der Waals surface area contributed by atoms with E-state index in [0.717, 1.165) is 12.2 Å². The lowest BCUT2D eigenvalue weighted by molar-refractivity contribution is -0.120. The smallest absolute Gasteiger partial charge is 0.239 e. The highest BCUT2D eigenvalue weighted by Gasteiger charge is 2.13. The Bertz CT molecular complexity index is 915. The normalized spacial score (nSPS) is 11.8. The maximum Gasteiger partial charge on any atom is 0.239 e. The van der Waals surface area contributed by atoms with E-state index in [4.69, 9.17) is 4.42 Å². The molecule has 1 aromatic heterocycles. The first-order valence-corrected chi connectivity index (χ1v) is 10.1. The summed E-state index contributed by atoms with van der Waals surface area (Å²) in [6, 6.07) is 24.5. The Hall–Kier alpha value is -2.81. The molecular formula is C24H29IN4O2. The molecule has 0 spiro atoms. The van der Waals surface area contributed by atoms with E-state index < -0.39 is 0 Å². The van der Waals surface area contributed by atoms with Crippen LogP contribution in [0, 0.1) is 0 Å². The molecule has 3 aromatic rings. The molecule has 1 atom stereocenters. The van der Waals surface area contributed by atoms with Gasteiger partial charge in [0.15, 0.2) is 5.96 Å². The van der Waals surface area contributed by atoms with Gasteiger partial charge in [0.05, 0.1) is 19.4 Å². The van der Waals surface area contributed by atoms with Crippen LogP contribution in [0.1, 0.15) is 22.8 Å². The summed E-state index contributed by atoms with van der Waals surface area (Å²) in [5.74, 6) is 1.47. The van der Waals surface area contributed by atoms with E-state index in [0.29, 0.717) is 19.0 Å². The molecule has 0 aliphatic rings. The van der Waals surface area contributed by atoms with Gasteiger partial charge in [-0.2, -0.15) is 0 Å². The van der Waals surface area contributed by atoms with Gasteiger partial charge in [-0.05, 0) is 29.7 Å². The quantitative estimate of drug-likeness (QED) is 0.223. The number of aliphatic imine (C=N–C) groups is 1. The van der Waals surface area contributed by atoms with E-state index in [1.54, 1.807) is 19.4 Å². The fourth-order valence-electron chi connectivity index (χ4n) is 3.20. The van der Waals surface area contributed by atoms with Gasteiger partial charge in [-0.1, -0.05) is 60.7 Å². The summed E-state index contributed by atoms with van der Waals surface area (Å²) in [6.07, 6.45) is 2.50. The van der Waals surface area contributed by atoms with Crippen molar-refractivity contribution in [2.45, 2.75) is 18.9 Å². The minimum Gasteiger partial charge on any atom is -0.467 e. The van der Waals surface area contributed by atoms with Crippen molar-refractivity contribution in [3.05, 3.63) is 95.9 Å². The van der Waals surface area contributed by atoms with Gasteiger partial charge in [0.1, 0.15) is 5.76 Å². The lowest BCUT2D eigenvalue weighted by atomic mass is 9.92. The Labute approximate surface area is 200 Å². The van der Waals surface area contributed by atoms with Crippen LogP contribution in [0.15, 0.2) is 88.5 Å². The Kier molecular flexibility index (Phi) is 10.6. The van der Waals surface area contributed by atoms with Crippen LogP contribution in [0.4, 0.5) is 0 Å². The third-order valence-corrected chi connectivity index (χ3v) is 4.79. The van der Waals surface area contributed by atoms with Gasteiger partial charge >= 0.3 is 0 Å². The number of nitrogens with one attached hydrogen (secondary N) is 3. The summed E-state index contributed by atoms with van der Waals surface area (Å²) in [6.45, 7) is 1.20. The fraction of sp³-hybridized carbons (Fsp3) is 0.250. The topological polar surface area (TPSA) is 78.7 Å². The molecule has 0 aliphatic heterocycles. The predicted molar refractivity (Wildman–Crippen MR) is 135 cm³/mol. The maximum atomic E-state index is 12.1. The first-order chi connectivity index (χ1) is 14.7. The van der Waals surface area contributed by atoms with Crippen LogP contribution in [0.25, 0.3) is 0 Å². The Morgan fingerprint density at radius 1 is 0.935 bits per heavy atom. The Morgan fingerprint density at radius 2 is 1.65 bits per heavy atom. The molecule has 31 heavy (non-hydrogen) atoms. The Balaban J connectivity index is 0.00000341. The second-order valence-electron chi connectivity index (χ2n) is 6.96. The zero-order valence-corrected chi connectivity index (χ0v) is 19.9. The van der Waals surface area contributed by atoms with Crippen LogP contribution in [0.5, 0.6) is 0 Å². The summed E-state index contributed by atoms with van der Waals surface area (Å²) in [5.41, 5.74) is 2.55. The summed E-state index contributed by atoms with van der Waals surface area (Å²) >= 11 is 0. The number of hydrogen-bond donors (Lipinski definition) is 3. The van der Waals surface area contributed by atoms with Gasteiger partial charge in [0.2, 0.25) is 5.91 Å². The van der Waals surface area contributed by atoms with E-state index in [-0.39, 0.29) is 42.3 Å². The van der Waals surface area contributed by atoms with E-state index in [9.17, 15) is 4.79 Å². The van der Waals surface area contributed by atoms with Crippen LogP contribution in [-0.4, -0.2) is 32.0 Å². The molecule has 3 rings (SSSR count). The predicted octanol–water partition coefficient (Wildman–Crippen LogP) is 3.71. The number of halogens is 1. The Morgan fingerprint density at radius 3 is 2.29 bits per heavy atom. The van der Waals surface area contributed by atoms with Crippen LogP contribution >= 0.6 is 24.0 Å². The highest BCUT2D eigenvalue weighted by atomic mass is 127. The molecule has 0 saturated carbocycles. The molecule has 0 fully saturated rings. The zero-order chi connectivity index (χ0) is 21.0. The van der Waals surface area contributed by atoms with Crippen molar-refractivity contribution in [2.75, 3.05) is 20.1 Å². The highest BCUT2D eigenvalue weighted by Crippen LogP contribution is 2.20. The monoisotopic (exact) mass is 532 g/mol. The molecule has 3 N–H and O–H groups in total.